The van der Waals surface area contributed by atoms with Crippen LogP contribution in [0.4, 0.5) is 0 Å². The molecule has 0 saturated carbocycles. The highest BCUT2D eigenvalue weighted by Gasteiger charge is 2.18. The van der Waals surface area contributed by atoms with E-state index < -0.39 is 0 Å². The zero-order valence-corrected chi connectivity index (χ0v) is 21.1. The molecule has 0 aromatic carbocycles. The molecule has 4 heterocycles. The Hall–Kier alpha value is -3.80. The van der Waals surface area contributed by atoms with E-state index >= 15 is 0 Å². The molecule has 6 heteroatoms. The first-order chi connectivity index (χ1) is 16.0. The fourth-order valence-corrected chi connectivity index (χ4v) is 4.15. The number of aromatic amines is 3. The highest BCUT2D eigenvalue weighted by molar-refractivity contribution is 6.30. The maximum Gasteiger partial charge on any atom is 0.273 e. The number of aromatic hydroxyl groups is 1. The van der Waals surface area contributed by atoms with Crippen molar-refractivity contribution in [2.45, 2.75) is 55.4 Å². The minimum atomic E-state index is -0.157. The van der Waals surface area contributed by atoms with Gasteiger partial charge in [0.05, 0.1) is 5.71 Å². The van der Waals surface area contributed by atoms with Gasteiger partial charge in [-0.3, -0.25) is 4.79 Å². The van der Waals surface area contributed by atoms with Gasteiger partial charge in [-0.1, -0.05) is 0 Å². The molecule has 0 atom stereocenters. The smallest absolute Gasteiger partial charge is 0.273 e. The molecule has 3 aromatic rings. The molecule has 0 aliphatic carbocycles. The second-order valence-corrected chi connectivity index (χ2v) is 9.22. The number of nitrogens with one attached hydrogen (secondary N) is 3. The van der Waals surface area contributed by atoms with Gasteiger partial charge in [0.2, 0.25) is 0 Å². The Balaban J connectivity index is 1.80. The third-order valence-electron chi connectivity index (χ3n) is 7.33. The van der Waals surface area contributed by atoms with Crippen molar-refractivity contribution in [2.75, 3.05) is 0 Å². The summed E-state index contributed by atoms with van der Waals surface area (Å²) in [7, 11) is 0. The van der Waals surface area contributed by atoms with E-state index in [0.717, 1.165) is 60.6 Å². The number of carbonyl (C=O) groups is 1. The van der Waals surface area contributed by atoms with E-state index in [4.69, 9.17) is 0 Å². The maximum absolute atomic E-state index is 11.9. The van der Waals surface area contributed by atoms with Crippen LogP contribution in [0.25, 0.3) is 24.3 Å². The minimum absolute atomic E-state index is 0.157. The number of aromatic nitrogens is 3. The van der Waals surface area contributed by atoms with Crippen LogP contribution >= 0.6 is 0 Å². The predicted molar refractivity (Wildman–Crippen MR) is 139 cm³/mol. The summed E-state index contributed by atoms with van der Waals surface area (Å²) in [6, 6.07) is 0. The molecule has 0 fully saturated rings. The third-order valence-corrected chi connectivity index (χ3v) is 7.33. The first-order valence-corrected chi connectivity index (χ1v) is 11.4. The van der Waals surface area contributed by atoms with Gasteiger partial charge in [-0.2, -0.15) is 0 Å². The number of nitrogens with zero attached hydrogens (tertiary/aromatic N) is 1. The number of H-pyrrole nitrogens is 3. The Morgan fingerprint density at radius 2 is 1.12 bits per heavy atom. The molecule has 0 bridgehead atoms. The summed E-state index contributed by atoms with van der Waals surface area (Å²) >= 11 is 0. The van der Waals surface area contributed by atoms with Crippen LogP contribution in [0.1, 0.15) is 52.9 Å². The number of hydrogen-bond acceptors (Lipinski definition) is 2. The summed E-state index contributed by atoms with van der Waals surface area (Å²) in [5, 5.41) is 14.0. The summed E-state index contributed by atoms with van der Waals surface area (Å²) in [4.78, 5) is 26.1. The van der Waals surface area contributed by atoms with Crippen LogP contribution in [0.5, 0.6) is 5.88 Å². The summed E-state index contributed by atoms with van der Waals surface area (Å²) in [6.07, 6.45) is 8.15. The van der Waals surface area contributed by atoms with Gasteiger partial charge in [-0.05, 0) is 113 Å². The van der Waals surface area contributed by atoms with E-state index in [0.29, 0.717) is 5.57 Å². The largest absolute Gasteiger partial charge is 0.494 e. The quantitative estimate of drug-likeness (QED) is 0.487. The van der Waals surface area contributed by atoms with Crippen LogP contribution < -0.4 is 21.4 Å². The molecule has 0 saturated heterocycles. The zero-order chi connectivity index (χ0) is 24.9. The molecule has 3 aromatic heterocycles. The van der Waals surface area contributed by atoms with Gasteiger partial charge in [-0.15, -0.1) is 0 Å². The van der Waals surface area contributed by atoms with E-state index in [1.807, 2.05) is 39.8 Å². The summed E-state index contributed by atoms with van der Waals surface area (Å²) in [5.74, 6) is 0.0543. The molecule has 1 aliphatic rings. The van der Waals surface area contributed by atoms with Crippen molar-refractivity contribution in [3.63, 3.8) is 0 Å². The van der Waals surface area contributed by atoms with Crippen molar-refractivity contribution >= 4 is 35.9 Å². The lowest BCUT2D eigenvalue weighted by Crippen LogP contribution is -2.14. The van der Waals surface area contributed by atoms with Gasteiger partial charge >= 0.3 is 0 Å². The monoisotopic (exact) mass is 456 g/mol. The molecule has 6 nitrogen and oxygen atoms in total. The van der Waals surface area contributed by atoms with Crippen molar-refractivity contribution in [2.24, 2.45) is 4.99 Å². The van der Waals surface area contributed by atoms with Gasteiger partial charge in [-0.25, -0.2) is 4.99 Å². The van der Waals surface area contributed by atoms with Crippen molar-refractivity contribution in [3.05, 3.63) is 71.6 Å². The lowest BCUT2D eigenvalue weighted by Gasteiger charge is -1.94. The molecular weight excluding hydrogens is 424 g/mol. The Labute approximate surface area is 198 Å². The molecule has 0 spiro atoms. The van der Waals surface area contributed by atoms with Gasteiger partial charge in [0.15, 0.2) is 5.88 Å². The van der Waals surface area contributed by atoms with Gasteiger partial charge in [0.1, 0.15) is 0 Å². The average molecular weight is 457 g/mol. The molecule has 4 N–H and O–H groups in total. The number of amides is 1. The second-order valence-electron chi connectivity index (χ2n) is 9.22. The van der Waals surface area contributed by atoms with Crippen LogP contribution in [-0.2, 0) is 4.79 Å². The van der Waals surface area contributed by atoms with Crippen molar-refractivity contribution in [3.8, 4) is 5.88 Å². The van der Waals surface area contributed by atoms with E-state index in [1.165, 1.54) is 11.1 Å². The molecule has 4 rings (SSSR count). The molecule has 0 radical (unpaired) electrons. The average Bonchev–Trinajstić information content (AvgIpc) is 3.41. The van der Waals surface area contributed by atoms with Crippen molar-refractivity contribution in [1.82, 2.24) is 15.0 Å². The highest BCUT2D eigenvalue weighted by atomic mass is 16.3. The second kappa shape index (κ2) is 8.52. The number of aliphatic imine (C=N–C) groups is 1. The summed E-state index contributed by atoms with van der Waals surface area (Å²) in [5.41, 5.74) is 9.80. The van der Waals surface area contributed by atoms with E-state index in [9.17, 15) is 9.90 Å². The SMILES string of the molecule is CC1=C(C)C(/C=c2\[nH]/c(=C\C=c3/[nH]/c(=C\c4[nH]c(O)c(C)c4C)c(C)c3C)c(C)c2C)=NC1=O. The van der Waals surface area contributed by atoms with Crippen LogP contribution in [0.2, 0.25) is 0 Å². The standard InChI is InChI=1S/C28H32N4O2/c1-13-15(3)23(11-25-17(5)19(7)27(33)31-25)29-21(13)9-10-22-14(2)16(4)24(30-22)12-26-18(6)20(8)28(34)32-26/h9-12,29-31,33H,1-8H3/b21-9-,22-10-,23-11-,24-12-. The van der Waals surface area contributed by atoms with E-state index in [-0.39, 0.29) is 11.8 Å². The first kappa shape index (κ1) is 23.4. The number of rotatable bonds is 3. The Morgan fingerprint density at radius 1 is 0.618 bits per heavy atom. The van der Waals surface area contributed by atoms with E-state index in [2.05, 4.69) is 59.8 Å². The Kier molecular flexibility index (Phi) is 5.86. The lowest BCUT2D eigenvalue weighted by molar-refractivity contribution is -0.114. The summed E-state index contributed by atoms with van der Waals surface area (Å²) < 4.78 is 0. The number of hydrogen-bond donors (Lipinski definition) is 4. The van der Waals surface area contributed by atoms with Crippen LogP contribution in [0, 0.1) is 41.5 Å². The van der Waals surface area contributed by atoms with Crippen LogP contribution in [0.15, 0.2) is 16.1 Å². The predicted octanol–water partition coefficient (Wildman–Crippen LogP) is 2.42. The normalized spacial score (nSPS) is 16.6. The fourth-order valence-electron chi connectivity index (χ4n) is 4.15. The molecule has 1 aliphatic heterocycles. The number of carbonyl (C=O) groups excluding carboxylic acids is 1. The Morgan fingerprint density at radius 3 is 1.56 bits per heavy atom. The van der Waals surface area contributed by atoms with Gasteiger partial charge in [0.25, 0.3) is 5.91 Å². The molecule has 176 valence electrons. The molecule has 0 unspecified atom stereocenters. The van der Waals surface area contributed by atoms with Crippen LogP contribution in [-0.4, -0.2) is 31.7 Å². The van der Waals surface area contributed by atoms with Gasteiger partial charge in [0, 0.05) is 38.2 Å². The molecule has 34 heavy (non-hydrogen) atoms. The van der Waals surface area contributed by atoms with Crippen LogP contribution in [0.3, 0.4) is 0 Å². The number of allylic oxidation sites excluding steroid dienone is 1. The molecule has 1 amide bonds. The lowest BCUT2D eigenvalue weighted by atomic mass is 10.1. The molecular formula is C28H32N4O2. The fraction of sp³-hybridized carbons (Fsp3) is 0.286. The maximum atomic E-state index is 11.9. The highest BCUT2D eigenvalue weighted by Crippen LogP contribution is 2.22. The van der Waals surface area contributed by atoms with Crippen molar-refractivity contribution in [1.29, 1.82) is 0 Å². The summed E-state index contributed by atoms with van der Waals surface area (Å²) in [6.45, 7) is 16.0. The Bertz CT molecular complexity index is 1650. The van der Waals surface area contributed by atoms with Gasteiger partial charge < -0.3 is 20.1 Å². The van der Waals surface area contributed by atoms with E-state index in [1.54, 1.807) is 0 Å². The minimum Gasteiger partial charge on any atom is -0.494 e. The first-order valence-electron chi connectivity index (χ1n) is 11.4. The van der Waals surface area contributed by atoms with Crippen molar-refractivity contribution < 1.29 is 9.90 Å². The zero-order valence-electron chi connectivity index (χ0n) is 21.1. The third kappa shape index (κ3) is 3.89. The topological polar surface area (TPSA) is 97.0 Å².